The summed E-state index contributed by atoms with van der Waals surface area (Å²) in [4.78, 5) is 9.86. The third-order valence-electron chi connectivity index (χ3n) is 10.5. The molecule has 57 heavy (non-hydrogen) atoms. The second-order valence-corrected chi connectivity index (χ2v) is 14.0. The Bertz CT molecular complexity index is 2910. The second kappa shape index (κ2) is 14.9. The summed E-state index contributed by atoms with van der Waals surface area (Å²) in [6.07, 6.45) is 0. The lowest BCUT2D eigenvalue weighted by Gasteiger charge is -2.27. The Morgan fingerprint density at radius 3 is 1.26 bits per heavy atom. The molecule has 1 heterocycles. The fourth-order valence-corrected chi connectivity index (χ4v) is 7.67. The molecule has 0 bridgehead atoms. The molecule has 0 unspecified atom stereocenters. The summed E-state index contributed by atoms with van der Waals surface area (Å²) in [5.74, 6) is 0.577. The molecule has 0 aliphatic heterocycles. The fraction of sp³-hybridized carbons (Fsp3) is 0. The molecular weight excluding hydrogens is 695 g/mol. The van der Waals surface area contributed by atoms with E-state index in [1.807, 2.05) is 36.4 Å². The van der Waals surface area contributed by atoms with Crippen molar-refractivity contribution in [2.75, 3.05) is 9.80 Å². The number of anilines is 6. The third kappa shape index (κ3) is 6.60. The first-order valence-electron chi connectivity index (χ1n) is 19.2. The van der Waals surface area contributed by atoms with Gasteiger partial charge in [0.05, 0.1) is 5.69 Å². The first-order valence-corrected chi connectivity index (χ1v) is 19.2. The molecule has 10 aromatic rings. The molecule has 0 radical (unpaired) electrons. The van der Waals surface area contributed by atoms with Crippen LogP contribution in [0, 0.1) is 0 Å². The number of aromatic nitrogens is 1. The number of hydrogen-bond acceptors (Lipinski definition) is 4. The quantitative estimate of drug-likeness (QED) is 0.148. The number of para-hydroxylation sites is 2. The van der Waals surface area contributed by atoms with E-state index in [1.54, 1.807) is 0 Å². The van der Waals surface area contributed by atoms with Crippen LogP contribution in [-0.2, 0) is 0 Å². The molecule has 9 aromatic carbocycles. The first-order chi connectivity index (χ1) is 28.3. The van der Waals surface area contributed by atoms with Crippen LogP contribution in [0.4, 0.5) is 34.1 Å². The molecule has 0 saturated carbocycles. The van der Waals surface area contributed by atoms with Crippen molar-refractivity contribution >= 4 is 56.0 Å². The Morgan fingerprint density at radius 2 is 0.737 bits per heavy atom. The minimum atomic E-state index is 0.577. The zero-order chi connectivity index (χ0) is 38.0. The Labute approximate surface area is 332 Å². The predicted molar refractivity (Wildman–Crippen MR) is 237 cm³/mol. The molecule has 0 amide bonds. The van der Waals surface area contributed by atoms with Gasteiger partial charge in [-0.1, -0.05) is 146 Å². The molecule has 4 heteroatoms. The van der Waals surface area contributed by atoms with Gasteiger partial charge < -0.3 is 14.2 Å². The van der Waals surface area contributed by atoms with Gasteiger partial charge in [-0.15, -0.1) is 0 Å². The van der Waals surface area contributed by atoms with Crippen LogP contribution in [0.2, 0.25) is 0 Å². The zero-order valence-corrected chi connectivity index (χ0v) is 31.1. The van der Waals surface area contributed by atoms with Crippen molar-refractivity contribution in [3.8, 4) is 33.7 Å². The van der Waals surface area contributed by atoms with E-state index in [9.17, 15) is 0 Å². The van der Waals surface area contributed by atoms with Crippen LogP contribution in [0.5, 0.6) is 0 Å². The molecule has 1 aromatic heterocycles. The summed E-state index contributed by atoms with van der Waals surface area (Å²) in [6, 6.07) is 78.6. The van der Waals surface area contributed by atoms with Gasteiger partial charge in [-0.3, -0.25) is 0 Å². The number of rotatable bonds is 9. The molecular formula is C53H37N3O. The monoisotopic (exact) mass is 731 g/mol. The average Bonchev–Trinajstić information content (AvgIpc) is 3.75. The number of oxazole rings is 1. The molecule has 0 N–H and O–H groups in total. The molecule has 10 rings (SSSR count). The molecule has 0 aliphatic rings. The molecule has 0 atom stereocenters. The Kier molecular flexibility index (Phi) is 8.82. The van der Waals surface area contributed by atoms with Gasteiger partial charge in [0.2, 0.25) is 5.89 Å². The van der Waals surface area contributed by atoms with Crippen LogP contribution >= 0.6 is 0 Å². The third-order valence-corrected chi connectivity index (χ3v) is 10.5. The largest absolute Gasteiger partial charge is 0.435 e. The number of hydrogen-bond donors (Lipinski definition) is 0. The van der Waals surface area contributed by atoms with Gasteiger partial charge in [0.15, 0.2) is 5.58 Å². The highest BCUT2D eigenvalue weighted by Gasteiger charge is 2.23. The van der Waals surface area contributed by atoms with Crippen molar-refractivity contribution in [2.45, 2.75) is 0 Å². The maximum atomic E-state index is 6.86. The zero-order valence-electron chi connectivity index (χ0n) is 31.1. The number of benzene rings is 9. The van der Waals surface area contributed by atoms with Gasteiger partial charge in [-0.2, -0.15) is 0 Å². The van der Waals surface area contributed by atoms with Gasteiger partial charge in [0.1, 0.15) is 5.52 Å². The summed E-state index contributed by atoms with van der Waals surface area (Å²) in [5.41, 5.74) is 13.3. The first kappa shape index (κ1) is 33.8. The standard InChI is InChI=1S/C53H37N3O/c1-6-16-38(17-7-1)40-26-31-46(32-27-40)55(44-22-12-4-13-23-44)48-35-30-43-36-50(51-52(49(43)37-48)57-53(54-51)42-20-10-3-11-21-42)56(45-24-14-5-15-25-45)47-33-28-41(29-34-47)39-18-8-2-9-19-39/h1-37H. The predicted octanol–water partition coefficient (Wildman–Crippen LogP) is 14.9. The van der Waals surface area contributed by atoms with Gasteiger partial charge in [-0.25, -0.2) is 4.98 Å². The van der Waals surface area contributed by atoms with Crippen molar-refractivity contribution < 1.29 is 4.42 Å². The second-order valence-electron chi connectivity index (χ2n) is 14.0. The molecule has 0 saturated heterocycles. The fourth-order valence-electron chi connectivity index (χ4n) is 7.67. The minimum absolute atomic E-state index is 0.577. The van der Waals surface area contributed by atoms with Gasteiger partial charge in [0, 0.05) is 39.4 Å². The lowest BCUT2D eigenvalue weighted by Crippen LogP contribution is -2.11. The summed E-state index contributed by atoms with van der Waals surface area (Å²) >= 11 is 0. The summed E-state index contributed by atoms with van der Waals surface area (Å²) in [6.45, 7) is 0. The van der Waals surface area contributed by atoms with Gasteiger partial charge >= 0.3 is 0 Å². The van der Waals surface area contributed by atoms with E-state index in [0.717, 1.165) is 67.1 Å². The van der Waals surface area contributed by atoms with E-state index in [0.29, 0.717) is 5.89 Å². The van der Waals surface area contributed by atoms with E-state index in [1.165, 1.54) is 16.7 Å². The summed E-state index contributed by atoms with van der Waals surface area (Å²) in [7, 11) is 0. The lowest BCUT2D eigenvalue weighted by molar-refractivity contribution is 0.623. The molecule has 0 spiro atoms. The summed E-state index contributed by atoms with van der Waals surface area (Å²) in [5, 5.41) is 2.03. The van der Waals surface area contributed by atoms with E-state index in [2.05, 4.69) is 198 Å². The van der Waals surface area contributed by atoms with E-state index < -0.39 is 0 Å². The van der Waals surface area contributed by atoms with Crippen LogP contribution in [0.15, 0.2) is 229 Å². The van der Waals surface area contributed by atoms with Gasteiger partial charge in [-0.05, 0) is 107 Å². The van der Waals surface area contributed by atoms with Crippen LogP contribution in [-0.4, -0.2) is 4.98 Å². The minimum Gasteiger partial charge on any atom is -0.435 e. The maximum Gasteiger partial charge on any atom is 0.227 e. The topological polar surface area (TPSA) is 32.5 Å². The van der Waals surface area contributed by atoms with E-state index >= 15 is 0 Å². The van der Waals surface area contributed by atoms with Crippen LogP contribution in [0.1, 0.15) is 0 Å². The molecule has 0 fully saturated rings. The van der Waals surface area contributed by atoms with Crippen molar-refractivity contribution in [2.24, 2.45) is 0 Å². The number of nitrogens with zero attached hydrogens (tertiary/aromatic N) is 3. The van der Waals surface area contributed by atoms with E-state index in [-0.39, 0.29) is 0 Å². The van der Waals surface area contributed by atoms with Crippen LogP contribution < -0.4 is 9.80 Å². The van der Waals surface area contributed by atoms with Crippen molar-refractivity contribution in [3.05, 3.63) is 224 Å². The SMILES string of the molecule is c1ccc(-c2ccc(N(c3ccccc3)c3ccc4cc(N(c5ccccc5)c5ccc(-c6ccccc6)cc5)c5nc(-c6ccccc6)oc5c4c3)cc2)cc1. The Balaban J connectivity index is 1.16. The normalized spacial score (nSPS) is 11.2. The van der Waals surface area contributed by atoms with Gasteiger partial charge in [0.25, 0.3) is 0 Å². The molecule has 4 nitrogen and oxygen atoms in total. The summed E-state index contributed by atoms with van der Waals surface area (Å²) < 4.78 is 6.86. The van der Waals surface area contributed by atoms with Crippen LogP contribution in [0.3, 0.4) is 0 Å². The van der Waals surface area contributed by atoms with Crippen LogP contribution in [0.25, 0.3) is 55.6 Å². The van der Waals surface area contributed by atoms with E-state index in [4.69, 9.17) is 9.40 Å². The average molecular weight is 732 g/mol. The lowest BCUT2D eigenvalue weighted by atomic mass is 10.0. The van der Waals surface area contributed by atoms with Crippen molar-refractivity contribution in [3.63, 3.8) is 0 Å². The maximum absolute atomic E-state index is 6.86. The Morgan fingerprint density at radius 1 is 0.333 bits per heavy atom. The van der Waals surface area contributed by atoms with Crippen molar-refractivity contribution in [1.29, 1.82) is 0 Å². The molecule has 0 aliphatic carbocycles. The van der Waals surface area contributed by atoms with Crippen molar-refractivity contribution in [1.82, 2.24) is 4.98 Å². The smallest absolute Gasteiger partial charge is 0.227 e. The highest BCUT2D eigenvalue weighted by Crippen LogP contribution is 2.45. The highest BCUT2D eigenvalue weighted by atomic mass is 16.3. The molecule has 270 valence electrons. The highest BCUT2D eigenvalue weighted by molar-refractivity contribution is 6.12. The number of fused-ring (bicyclic) bond motifs is 3. The Hall–Kier alpha value is -7.69.